The van der Waals surface area contributed by atoms with Crippen LogP contribution in [0.5, 0.6) is 0 Å². The van der Waals surface area contributed by atoms with E-state index in [4.69, 9.17) is 5.73 Å². The number of anilines is 1. The van der Waals surface area contributed by atoms with Crippen molar-refractivity contribution in [1.29, 1.82) is 0 Å². The second-order valence-corrected chi connectivity index (χ2v) is 5.62. The van der Waals surface area contributed by atoms with Crippen LogP contribution in [0, 0.1) is 3.57 Å². The third-order valence-corrected chi connectivity index (χ3v) is 4.64. The molecule has 1 unspecified atom stereocenters. The van der Waals surface area contributed by atoms with E-state index >= 15 is 0 Å². The van der Waals surface area contributed by atoms with E-state index < -0.39 is 0 Å². The van der Waals surface area contributed by atoms with Crippen molar-refractivity contribution in [2.45, 2.75) is 25.7 Å². The van der Waals surface area contributed by atoms with Crippen LogP contribution in [0.3, 0.4) is 0 Å². The molecule has 0 saturated carbocycles. The maximum atomic E-state index is 5.97. The van der Waals surface area contributed by atoms with Crippen LogP contribution in [-0.4, -0.2) is 9.97 Å². The highest BCUT2D eigenvalue weighted by molar-refractivity contribution is 14.1. The van der Waals surface area contributed by atoms with Crippen molar-refractivity contribution in [1.82, 2.24) is 9.97 Å². The molecule has 1 aliphatic rings. The molecular weight excluding hydrogens is 337 g/mol. The van der Waals surface area contributed by atoms with Crippen LogP contribution in [0.1, 0.15) is 35.5 Å². The topological polar surface area (TPSA) is 51.8 Å². The van der Waals surface area contributed by atoms with Gasteiger partial charge in [-0.1, -0.05) is 31.2 Å². The standard InChI is InChI=1S/C14H14IN3/c1-2-11-12(15)13(16)18-14(17-11)10-7-8-5-3-4-6-9(8)10/h3-6,10H,2,7H2,1H3,(H2,16,17,18). The van der Waals surface area contributed by atoms with E-state index in [0.717, 1.165) is 27.9 Å². The highest BCUT2D eigenvalue weighted by Crippen LogP contribution is 2.39. The molecule has 0 aliphatic heterocycles. The third-order valence-electron chi connectivity index (χ3n) is 3.46. The molecule has 0 amide bonds. The van der Waals surface area contributed by atoms with E-state index in [0.29, 0.717) is 11.7 Å². The van der Waals surface area contributed by atoms with E-state index in [-0.39, 0.29) is 0 Å². The first-order chi connectivity index (χ1) is 8.70. The van der Waals surface area contributed by atoms with Gasteiger partial charge < -0.3 is 5.73 Å². The van der Waals surface area contributed by atoms with Crippen molar-refractivity contribution in [3.8, 4) is 0 Å². The third kappa shape index (κ3) is 1.79. The first-order valence-electron chi connectivity index (χ1n) is 6.10. The maximum Gasteiger partial charge on any atom is 0.140 e. The van der Waals surface area contributed by atoms with Crippen LogP contribution in [0.15, 0.2) is 24.3 Å². The Labute approximate surface area is 120 Å². The fraction of sp³-hybridized carbons (Fsp3) is 0.286. The summed E-state index contributed by atoms with van der Waals surface area (Å²) in [7, 11) is 0. The molecule has 2 aromatic rings. The average Bonchev–Trinajstić information content (AvgIpc) is 2.35. The normalized spacial score (nSPS) is 17.1. The summed E-state index contributed by atoms with van der Waals surface area (Å²) >= 11 is 2.23. The van der Waals surface area contributed by atoms with Gasteiger partial charge in [0.25, 0.3) is 0 Å². The lowest BCUT2D eigenvalue weighted by molar-refractivity contribution is 0.654. The van der Waals surface area contributed by atoms with Gasteiger partial charge in [0.1, 0.15) is 11.6 Å². The largest absolute Gasteiger partial charge is 0.383 e. The number of nitrogens with zero attached hydrogens (tertiary/aromatic N) is 2. The Morgan fingerprint density at radius 3 is 2.83 bits per heavy atom. The second kappa shape index (κ2) is 4.50. The minimum absolute atomic E-state index is 0.325. The van der Waals surface area contributed by atoms with Crippen molar-refractivity contribution in [2.24, 2.45) is 0 Å². The molecule has 3 rings (SSSR count). The van der Waals surface area contributed by atoms with E-state index in [1.807, 2.05) is 0 Å². The molecule has 1 aliphatic carbocycles. The quantitative estimate of drug-likeness (QED) is 0.847. The molecule has 1 aromatic carbocycles. The number of hydrogen-bond acceptors (Lipinski definition) is 3. The number of fused-ring (bicyclic) bond motifs is 1. The monoisotopic (exact) mass is 351 g/mol. The first kappa shape index (κ1) is 11.9. The number of aryl methyl sites for hydroxylation is 1. The van der Waals surface area contributed by atoms with Gasteiger partial charge in [0, 0.05) is 5.92 Å². The van der Waals surface area contributed by atoms with Crippen LogP contribution in [0.2, 0.25) is 0 Å². The van der Waals surface area contributed by atoms with Gasteiger partial charge in [-0.05, 0) is 46.6 Å². The predicted octanol–water partition coefficient (Wildman–Crippen LogP) is 2.91. The van der Waals surface area contributed by atoms with Crippen molar-refractivity contribution in [3.63, 3.8) is 0 Å². The molecule has 0 bridgehead atoms. The molecule has 4 heteroatoms. The number of nitrogen functional groups attached to an aromatic ring is 1. The summed E-state index contributed by atoms with van der Waals surface area (Å²) in [5.41, 5.74) is 9.78. The summed E-state index contributed by atoms with van der Waals surface area (Å²) in [6, 6.07) is 8.48. The number of nitrogens with two attached hydrogens (primary N) is 1. The van der Waals surface area contributed by atoms with E-state index in [2.05, 4.69) is 63.7 Å². The van der Waals surface area contributed by atoms with E-state index in [1.54, 1.807) is 0 Å². The Hall–Kier alpha value is -1.17. The zero-order valence-corrected chi connectivity index (χ0v) is 12.3. The molecule has 1 heterocycles. The molecule has 92 valence electrons. The van der Waals surface area contributed by atoms with E-state index in [9.17, 15) is 0 Å². The number of rotatable bonds is 2. The molecule has 2 N–H and O–H groups in total. The fourth-order valence-corrected chi connectivity index (χ4v) is 3.03. The zero-order valence-electron chi connectivity index (χ0n) is 10.2. The zero-order chi connectivity index (χ0) is 12.7. The molecular formula is C14H14IN3. The Kier molecular flexibility index (Phi) is 2.97. The lowest BCUT2D eigenvalue weighted by Gasteiger charge is -2.29. The van der Waals surface area contributed by atoms with Crippen molar-refractivity contribution >= 4 is 28.4 Å². The van der Waals surface area contributed by atoms with Crippen LogP contribution >= 0.6 is 22.6 Å². The van der Waals surface area contributed by atoms with Gasteiger partial charge in [-0.25, -0.2) is 9.97 Å². The molecule has 0 radical (unpaired) electrons. The van der Waals surface area contributed by atoms with Gasteiger partial charge in [-0.3, -0.25) is 0 Å². The fourth-order valence-electron chi connectivity index (χ4n) is 2.41. The molecule has 3 nitrogen and oxygen atoms in total. The van der Waals surface area contributed by atoms with Crippen molar-refractivity contribution < 1.29 is 0 Å². The molecule has 18 heavy (non-hydrogen) atoms. The van der Waals surface area contributed by atoms with Gasteiger partial charge in [-0.2, -0.15) is 0 Å². The highest BCUT2D eigenvalue weighted by atomic mass is 127. The number of halogens is 1. The number of hydrogen-bond donors (Lipinski definition) is 1. The van der Waals surface area contributed by atoms with Gasteiger partial charge in [0.05, 0.1) is 9.26 Å². The molecule has 0 spiro atoms. The summed E-state index contributed by atoms with van der Waals surface area (Å²) in [4.78, 5) is 9.14. The number of aromatic nitrogens is 2. The number of benzene rings is 1. The molecule has 1 aromatic heterocycles. The highest BCUT2D eigenvalue weighted by Gasteiger charge is 2.30. The lowest BCUT2D eigenvalue weighted by atomic mass is 9.77. The van der Waals surface area contributed by atoms with Crippen LogP contribution < -0.4 is 5.73 Å². The van der Waals surface area contributed by atoms with Crippen molar-refractivity contribution in [3.05, 3.63) is 50.5 Å². The first-order valence-corrected chi connectivity index (χ1v) is 7.18. The molecule has 0 fully saturated rings. The summed E-state index contributed by atoms with van der Waals surface area (Å²) in [6.45, 7) is 2.10. The summed E-state index contributed by atoms with van der Waals surface area (Å²) in [6.07, 6.45) is 1.92. The smallest absolute Gasteiger partial charge is 0.140 e. The average molecular weight is 351 g/mol. The lowest BCUT2D eigenvalue weighted by Crippen LogP contribution is -2.22. The predicted molar refractivity (Wildman–Crippen MR) is 80.5 cm³/mol. The minimum atomic E-state index is 0.325. The van der Waals surface area contributed by atoms with Crippen LogP contribution in [0.25, 0.3) is 0 Å². The molecule has 0 saturated heterocycles. The van der Waals surface area contributed by atoms with Gasteiger partial charge in [0.2, 0.25) is 0 Å². The SMILES string of the molecule is CCc1nc(C2Cc3ccccc32)nc(N)c1I. The Bertz CT molecular complexity index is 610. The van der Waals surface area contributed by atoms with Crippen molar-refractivity contribution in [2.75, 3.05) is 5.73 Å². The van der Waals surface area contributed by atoms with E-state index in [1.165, 1.54) is 11.1 Å². The Balaban J connectivity index is 2.03. The minimum Gasteiger partial charge on any atom is -0.383 e. The summed E-state index contributed by atoms with van der Waals surface area (Å²) in [5, 5.41) is 0. The summed E-state index contributed by atoms with van der Waals surface area (Å²) in [5.74, 6) is 1.82. The van der Waals surface area contributed by atoms with Gasteiger partial charge >= 0.3 is 0 Å². The summed E-state index contributed by atoms with van der Waals surface area (Å²) < 4.78 is 0.992. The Morgan fingerprint density at radius 2 is 2.11 bits per heavy atom. The van der Waals surface area contributed by atoms with Gasteiger partial charge in [0.15, 0.2) is 0 Å². The maximum absolute atomic E-state index is 5.97. The van der Waals surface area contributed by atoms with Crippen LogP contribution in [-0.2, 0) is 12.8 Å². The Morgan fingerprint density at radius 1 is 1.33 bits per heavy atom. The van der Waals surface area contributed by atoms with Crippen LogP contribution in [0.4, 0.5) is 5.82 Å². The second-order valence-electron chi connectivity index (χ2n) is 4.54. The van der Waals surface area contributed by atoms with Gasteiger partial charge in [-0.15, -0.1) is 0 Å². The molecule has 1 atom stereocenters.